The fourth-order valence-electron chi connectivity index (χ4n) is 2.01. The zero-order chi connectivity index (χ0) is 13.7. The second-order valence-electron chi connectivity index (χ2n) is 4.70. The van der Waals surface area contributed by atoms with E-state index in [2.05, 4.69) is 17.6 Å². The van der Waals surface area contributed by atoms with Crippen molar-refractivity contribution < 1.29 is 14.3 Å². The molecule has 2 rings (SSSR count). The minimum atomic E-state index is -0.140. The average Bonchev–Trinajstić information content (AvgIpc) is 2.83. The Balaban J connectivity index is 1.80. The van der Waals surface area contributed by atoms with Crippen LogP contribution in [0.1, 0.15) is 32.3 Å². The van der Waals surface area contributed by atoms with Crippen molar-refractivity contribution in [2.45, 2.75) is 39.3 Å². The first-order valence-electron chi connectivity index (χ1n) is 6.62. The Hall–Kier alpha value is -1.91. The lowest BCUT2D eigenvalue weighted by molar-refractivity contribution is 0.174. The van der Waals surface area contributed by atoms with E-state index in [1.165, 1.54) is 0 Å². The van der Waals surface area contributed by atoms with Crippen molar-refractivity contribution >= 4 is 6.03 Å². The van der Waals surface area contributed by atoms with Crippen LogP contribution in [-0.2, 0) is 6.54 Å². The van der Waals surface area contributed by atoms with Gasteiger partial charge in [-0.3, -0.25) is 0 Å². The van der Waals surface area contributed by atoms with Gasteiger partial charge in [0.15, 0.2) is 11.5 Å². The molecule has 5 nitrogen and oxygen atoms in total. The Kier molecular flexibility index (Phi) is 4.49. The lowest BCUT2D eigenvalue weighted by Gasteiger charge is -2.13. The molecule has 0 saturated carbocycles. The summed E-state index contributed by atoms with van der Waals surface area (Å²) in [4.78, 5) is 11.7. The summed E-state index contributed by atoms with van der Waals surface area (Å²) in [6, 6.07) is 5.72. The van der Waals surface area contributed by atoms with Gasteiger partial charge in [0.2, 0.25) is 6.79 Å². The molecular weight excluding hydrogens is 244 g/mol. The number of urea groups is 1. The first-order valence-corrected chi connectivity index (χ1v) is 6.62. The highest BCUT2D eigenvalue weighted by Crippen LogP contribution is 2.32. The van der Waals surface area contributed by atoms with Gasteiger partial charge in [0.25, 0.3) is 0 Å². The maximum Gasteiger partial charge on any atom is 0.315 e. The van der Waals surface area contributed by atoms with Gasteiger partial charge in [0.1, 0.15) is 0 Å². The van der Waals surface area contributed by atoms with E-state index in [1.807, 2.05) is 25.1 Å². The van der Waals surface area contributed by atoms with E-state index in [0.717, 1.165) is 29.9 Å². The molecule has 0 spiro atoms. The lowest BCUT2D eigenvalue weighted by atomic mass is 10.2. The van der Waals surface area contributed by atoms with Crippen LogP contribution in [0.2, 0.25) is 0 Å². The van der Waals surface area contributed by atoms with Gasteiger partial charge >= 0.3 is 6.03 Å². The molecule has 1 aromatic rings. The van der Waals surface area contributed by atoms with Crippen molar-refractivity contribution in [3.05, 3.63) is 23.8 Å². The van der Waals surface area contributed by atoms with Crippen molar-refractivity contribution in [2.75, 3.05) is 6.79 Å². The minimum absolute atomic E-state index is 0.140. The molecule has 0 aromatic heterocycles. The highest BCUT2D eigenvalue weighted by Gasteiger charge is 2.13. The number of amides is 2. The summed E-state index contributed by atoms with van der Waals surface area (Å²) in [5, 5.41) is 5.73. The number of nitrogens with one attached hydrogen (secondary N) is 2. The van der Waals surface area contributed by atoms with Crippen LogP contribution in [0, 0.1) is 0 Å². The minimum Gasteiger partial charge on any atom is -0.454 e. The molecule has 0 fully saturated rings. The number of carbonyl (C=O) groups excluding carboxylic acids is 1. The third-order valence-electron chi connectivity index (χ3n) is 2.99. The van der Waals surface area contributed by atoms with Crippen LogP contribution < -0.4 is 20.1 Å². The topological polar surface area (TPSA) is 59.6 Å². The third-order valence-corrected chi connectivity index (χ3v) is 2.99. The molecule has 0 bridgehead atoms. The van der Waals surface area contributed by atoms with Gasteiger partial charge in [0.05, 0.1) is 0 Å². The van der Waals surface area contributed by atoms with E-state index in [-0.39, 0.29) is 18.9 Å². The quantitative estimate of drug-likeness (QED) is 0.858. The van der Waals surface area contributed by atoms with Gasteiger partial charge in [-0.05, 0) is 31.0 Å². The van der Waals surface area contributed by atoms with Crippen LogP contribution in [-0.4, -0.2) is 18.9 Å². The Morgan fingerprint density at radius 3 is 2.95 bits per heavy atom. The van der Waals surface area contributed by atoms with Crippen LogP contribution in [0.4, 0.5) is 4.79 Å². The van der Waals surface area contributed by atoms with Crippen molar-refractivity contribution in [1.29, 1.82) is 0 Å². The molecule has 0 unspecified atom stereocenters. The molecule has 0 saturated heterocycles. The fourth-order valence-corrected chi connectivity index (χ4v) is 2.01. The largest absolute Gasteiger partial charge is 0.454 e. The van der Waals surface area contributed by atoms with Crippen molar-refractivity contribution in [1.82, 2.24) is 10.6 Å². The summed E-state index contributed by atoms with van der Waals surface area (Å²) in [6.45, 7) is 4.84. The maximum absolute atomic E-state index is 11.7. The van der Waals surface area contributed by atoms with Gasteiger partial charge in [-0.1, -0.05) is 19.4 Å². The van der Waals surface area contributed by atoms with Gasteiger partial charge in [0, 0.05) is 12.6 Å². The number of ether oxygens (including phenoxy) is 2. The second-order valence-corrected chi connectivity index (χ2v) is 4.70. The van der Waals surface area contributed by atoms with Crippen LogP contribution >= 0.6 is 0 Å². The molecule has 1 aromatic carbocycles. The molecule has 0 radical (unpaired) electrons. The van der Waals surface area contributed by atoms with Gasteiger partial charge in [-0.15, -0.1) is 0 Å². The molecule has 1 atom stereocenters. The number of carbonyl (C=O) groups is 1. The van der Waals surface area contributed by atoms with Gasteiger partial charge in [-0.25, -0.2) is 4.79 Å². The summed E-state index contributed by atoms with van der Waals surface area (Å²) >= 11 is 0. The van der Waals surface area contributed by atoms with E-state index in [0.29, 0.717) is 6.54 Å². The first kappa shape index (κ1) is 13.5. The highest BCUT2D eigenvalue weighted by molar-refractivity contribution is 5.74. The summed E-state index contributed by atoms with van der Waals surface area (Å²) in [7, 11) is 0. The zero-order valence-corrected chi connectivity index (χ0v) is 11.4. The van der Waals surface area contributed by atoms with Crippen molar-refractivity contribution in [3.63, 3.8) is 0 Å². The number of fused-ring (bicyclic) bond motifs is 1. The van der Waals surface area contributed by atoms with E-state index in [1.54, 1.807) is 0 Å². The fraction of sp³-hybridized carbons (Fsp3) is 0.500. The Morgan fingerprint density at radius 1 is 1.37 bits per heavy atom. The first-order chi connectivity index (χ1) is 9.19. The van der Waals surface area contributed by atoms with Crippen LogP contribution in [0.3, 0.4) is 0 Å². The summed E-state index contributed by atoms with van der Waals surface area (Å²) < 4.78 is 10.5. The lowest BCUT2D eigenvalue weighted by Crippen LogP contribution is -2.40. The molecule has 0 aliphatic carbocycles. The molecule has 1 aliphatic rings. The number of benzene rings is 1. The highest BCUT2D eigenvalue weighted by atomic mass is 16.7. The third kappa shape index (κ3) is 3.77. The average molecular weight is 264 g/mol. The van der Waals surface area contributed by atoms with Gasteiger partial charge in [-0.2, -0.15) is 0 Å². The van der Waals surface area contributed by atoms with E-state index >= 15 is 0 Å². The molecule has 1 aliphatic heterocycles. The summed E-state index contributed by atoms with van der Waals surface area (Å²) in [5.74, 6) is 1.49. The predicted octanol–water partition coefficient (Wildman–Crippen LogP) is 2.40. The Labute approximate surface area is 113 Å². The SMILES string of the molecule is CCC[C@H](C)NC(=O)NCc1ccc2c(c1)OCO2. The standard InChI is InChI=1S/C14H20N2O3/c1-3-4-10(2)16-14(17)15-8-11-5-6-12-13(7-11)19-9-18-12/h5-7,10H,3-4,8-9H2,1-2H3,(H2,15,16,17)/t10-/m0/s1. The van der Waals surface area contributed by atoms with Gasteiger partial charge < -0.3 is 20.1 Å². The smallest absolute Gasteiger partial charge is 0.315 e. The molecule has 19 heavy (non-hydrogen) atoms. The molecular formula is C14H20N2O3. The van der Waals surface area contributed by atoms with E-state index in [4.69, 9.17) is 9.47 Å². The van der Waals surface area contributed by atoms with Crippen molar-refractivity contribution in [2.24, 2.45) is 0 Å². The van der Waals surface area contributed by atoms with Crippen LogP contribution in [0.5, 0.6) is 11.5 Å². The van der Waals surface area contributed by atoms with E-state index in [9.17, 15) is 4.79 Å². The van der Waals surface area contributed by atoms with E-state index < -0.39 is 0 Å². The second kappa shape index (κ2) is 6.31. The Morgan fingerprint density at radius 2 is 2.16 bits per heavy atom. The number of rotatable bonds is 5. The number of hydrogen-bond acceptors (Lipinski definition) is 3. The predicted molar refractivity (Wildman–Crippen MR) is 72.3 cm³/mol. The molecule has 2 amide bonds. The summed E-state index contributed by atoms with van der Waals surface area (Å²) in [5.41, 5.74) is 0.988. The Bertz CT molecular complexity index is 448. The number of hydrogen-bond donors (Lipinski definition) is 2. The van der Waals surface area contributed by atoms with Crippen LogP contribution in [0.25, 0.3) is 0 Å². The zero-order valence-electron chi connectivity index (χ0n) is 11.4. The monoisotopic (exact) mass is 264 g/mol. The van der Waals surface area contributed by atoms with Crippen molar-refractivity contribution in [3.8, 4) is 11.5 Å². The van der Waals surface area contributed by atoms with Crippen LogP contribution in [0.15, 0.2) is 18.2 Å². The molecule has 104 valence electrons. The molecule has 5 heteroatoms. The maximum atomic E-state index is 11.7. The molecule has 1 heterocycles. The summed E-state index contributed by atoms with van der Waals surface area (Å²) in [6.07, 6.45) is 2.04. The normalized spacial score (nSPS) is 14.0. The molecule has 2 N–H and O–H groups in total.